The summed E-state index contributed by atoms with van der Waals surface area (Å²) in [5.74, 6) is 0.280. The normalized spacial score (nSPS) is 16.6. The monoisotopic (exact) mass is 371 g/mol. The highest BCUT2D eigenvalue weighted by molar-refractivity contribution is 7.89. The van der Waals surface area contributed by atoms with Crippen molar-refractivity contribution in [1.29, 1.82) is 0 Å². The van der Waals surface area contributed by atoms with Crippen molar-refractivity contribution < 1.29 is 22.7 Å². The molecule has 1 aliphatic heterocycles. The molecule has 0 bridgehead atoms. The number of methoxy groups -OCH3 is 1. The van der Waals surface area contributed by atoms with Crippen molar-refractivity contribution in [3.05, 3.63) is 24.3 Å². The minimum Gasteiger partial charge on any atom is -0.495 e. The first-order chi connectivity index (χ1) is 11.6. The highest BCUT2D eigenvalue weighted by Gasteiger charge is 2.28. The number of hydrogen-bond donors (Lipinski definition) is 1. The molecular weight excluding hydrogens is 346 g/mol. The topological polar surface area (TPSA) is 88.2 Å². The number of ether oxygens (including phenoxy) is 2. The van der Waals surface area contributed by atoms with Crippen molar-refractivity contribution in [2.75, 3.05) is 33.3 Å². The number of rotatable bonds is 4. The van der Waals surface area contributed by atoms with Gasteiger partial charge in [-0.3, -0.25) is 0 Å². The molecule has 1 heterocycles. The molecule has 1 aliphatic rings. The van der Waals surface area contributed by atoms with Crippen LogP contribution in [0.2, 0.25) is 0 Å². The van der Waals surface area contributed by atoms with E-state index in [9.17, 15) is 13.2 Å². The van der Waals surface area contributed by atoms with E-state index in [2.05, 4.69) is 4.83 Å². The van der Waals surface area contributed by atoms with Gasteiger partial charge in [-0.25, -0.2) is 18.2 Å². The second-order valence-corrected chi connectivity index (χ2v) is 8.33. The molecule has 1 N–H and O–H groups in total. The zero-order valence-corrected chi connectivity index (χ0v) is 15.8. The van der Waals surface area contributed by atoms with Crippen LogP contribution in [-0.2, 0) is 14.8 Å². The predicted molar refractivity (Wildman–Crippen MR) is 92.7 cm³/mol. The minimum atomic E-state index is -3.75. The fourth-order valence-corrected chi connectivity index (χ4v) is 3.66. The summed E-state index contributed by atoms with van der Waals surface area (Å²) in [5.41, 5.74) is -0.556. The third kappa shape index (κ3) is 5.32. The smallest absolute Gasteiger partial charge is 0.410 e. The van der Waals surface area contributed by atoms with Gasteiger partial charge in [-0.05, 0) is 32.9 Å². The lowest BCUT2D eigenvalue weighted by atomic mass is 10.2. The van der Waals surface area contributed by atoms with Gasteiger partial charge in [0.1, 0.15) is 16.2 Å². The Morgan fingerprint density at radius 1 is 1.12 bits per heavy atom. The lowest BCUT2D eigenvalue weighted by Crippen LogP contribution is -2.55. The Labute approximate surface area is 148 Å². The van der Waals surface area contributed by atoms with Crippen LogP contribution in [0, 0.1) is 0 Å². The van der Waals surface area contributed by atoms with E-state index < -0.39 is 15.6 Å². The van der Waals surface area contributed by atoms with Crippen LogP contribution in [0.4, 0.5) is 4.79 Å². The quantitative estimate of drug-likeness (QED) is 0.862. The third-order valence-corrected chi connectivity index (χ3v) is 4.95. The number of hydrazine groups is 1. The fourth-order valence-electron chi connectivity index (χ4n) is 2.37. The molecule has 0 radical (unpaired) electrons. The second kappa shape index (κ2) is 7.59. The van der Waals surface area contributed by atoms with E-state index in [1.807, 2.05) is 20.8 Å². The standard InChI is InChI=1S/C16H25N3O5S/c1-16(2,3)24-15(20)18-9-11-19(12-10-18)17-25(21,22)14-8-6-5-7-13(14)23-4/h5-8,17H,9-12H2,1-4H3. The highest BCUT2D eigenvalue weighted by atomic mass is 32.2. The van der Waals surface area contributed by atoms with E-state index >= 15 is 0 Å². The number of nitrogens with one attached hydrogen (secondary N) is 1. The Hall–Kier alpha value is -1.84. The molecule has 140 valence electrons. The summed E-state index contributed by atoms with van der Waals surface area (Å²) < 4.78 is 35.5. The molecule has 25 heavy (non-hydrogen) atoms. The van der Waals surface area contributed by atoms with Crippen molar-refractivity contribution >= 4 is 16.1 Å². The molecule has 9 heteroatoms. The molecule has 0 saturated carbocycles. The Morgan fingerprint density at radius 3 is 2.28 bits per heavy atom. The number of piperazine rings is 1. The molecule has 0 atom stereocenters. The van der Waals surface area contributed by atoms with Gasteiger partial charge in [0.2, 0.25) is 0 Å². The van der Waals surface area contributed by atoms with Crippen LogP contribution in [0.3, 0.4) is 0 Å². The highest BCUT2D eigenvalue weighted by Crippen LogP contribution is 2.22. The van der Waals surface area contributed by atoms with Crippen molar-refractivity contribution in [2.24, 2.45) is 0 Å². The molecule has 0 aliphatic carbocycles. The Kier molecular flexibility index (Phi) is 5.91. The molecule has 1 aromatic rings. The van der Waals surface area contributed by atoms with Gasteiger partial charge in [0.15, 0.2) is 0 Å². The van der Waals surface area contributed by atoms with Gasteiger partial charge in [-0.1, -0.05) is 12.1 Å². The Balaban J connectivity index is 1.96. The Bertz CT molecular complexity index is 707. The number of sulfonamides is 1. The SMILES string of the molecule is COc1ccccc1S(=O)(=O)NN1CCN(C(=O)OC(C)(C)C)CC1. The molecule has 0 spiro atoms. The molecule has 1 saturated heterocycles. The molecule has 0 aromatic heterocycles. The summed E-state index contributed by atoms with van der Waals surface area (Å²) in [6, 6.07) is 6.42. The van der Waals surface area contributed by atoms with Crippen LogP contribution in [0.15, 0.2) is 29.2 Å². The average Bonchev–Trinajstić information content (AvgIpc) is 2.53. The summed E-state index contributed by atoms with van der Waals surface area (Å²) in [6.07, 6.45) is -0.389. The summed E-state index contributed by atoms with van der Waals surface area (Å²) >= 11 is 0. The van der Waals surface area contributed by atoms with Gasteiger partial charge in [0.05, 0.1) is 7.11 Å². The maximum absolute atomic E-state index is 12.5. The zero-order valence-electron chi connectivity index (χ0n) is 15.0. The number of carbonyl (C=O) groups is 1. The molecule has 8 nitrogen and oxygen atoms in total. The van der Waals surface area contributed by atoms with Crippen LogP contribution in [0.1, 0.15) is 20.8 Å². The van der Waals surface area contributed by atoms with Crippen molar-refractivity contribution in [2.45, 2.75) is 31.3 Å². The first-order valence-electron chi connectivity index (χ1n) is 8.01. The summed E-state index contributed by atoms with van der Waals surface area (Å²) in [7, 11) is -2.33. The Morgan fingerprint density at radius 2 is 1.72 bits per heavy atom. The zero-order chi connectivity index (χ0) is 18.7. The third-order valence-electron chi connectivity index (χ3n) is 3.54. The van der Waals surface area contributed by atoms with Crippen LogP contribution in [0.25, 0.3) is 0 Å². The van der Waals surface area contributed by atoms with E-state index in [1.54, 1.807) is 28.1 Å². The molecule has 1 fully saturated rings. The van der Waals surface area contributed by atoms with E-state index in [-0.39, 0.29) is 16.7 Å². The molecule has 1 aromatic carbocycles. The maximum atomic E-state index is 12.5. The van der Waals surface area contributed by atoms with Crippen LogP contribution >= 0.6 is 0 Å². The molecular formula is C16H25N3O5S. The maximum Gasteiger partial charge on any atom is 0.410 e. The van der Waals surface area contributed by atoms with Crippen molar-refractivity contribution in [3.63, 3.8) is 0 Å². The number of nitrogens with zero attached hydrogens (tertiary/aromatic N) is 2. The lowest BCUT2D eigenvalue weighted by molar-refractivity contribution is 0.0127. The fraction of sp³-hybridized carbons (Fsp3) is 0.562. The summed E-state index contributed by atoms with van der Waals surface area (Å²) in [6.45, 7) is 6.92. The summed E-state index contributed by atoms with van der Waals surface area (Å²) in [4.78, 5) is 16.2. The minimum absolute atomic E-state index is 0.0760. The van der Waals surface area contributed by atoms with E-state index in [4.69, 9.17) is 9.47 Å². The van der Waals surface area contributed by atoms with Gasteiger partial charge in [-0.15, -0.1) is 4.83 Å². The average molecular weight is 371 g/mol. The van der Waals surface area contributed by atoms with Gasteiger partial charge < -0.3 is 14.4 Å². The van der Waals surface area contributed by atoms with Gasteiger partial charge in [-0.2, -0.15) is 0 Å². The van der Waals surface area contributed by atoms with E-state index in [0.29, 0.717) is 26.2 Å². The molecule has 1 amide bonds. The summed E-state index contributed by atoms with van der Waals surface area (Å²) in [5, 5.41) is 1.57. The van der Waals surface area contributed by atoms with Crippen molar-refractivity contribution in [1.82, 2.24) is 14.7 Å². The number of benzene rings is 1. The van der Waals surface area contributed by atoms with Crippen LogP contribution in [0.5, 0.6) is 5.75 Å². The predicted octanol–water partition coefficient (Wildman–Crippen LogP) is 1.44. The van der Waals surface area contributed by atoms with Crippen molar-refractivity contribution in [3.8, 4) is 5.75 Å². The van der Waals surface area contributed by atoms with E-state index in [1.165, 1.54) is 13.2 Å². The first-order valence-corrected chi connectivity index (χ1v) is 9.49. The molecule has 0 unspecified atom stereocenters. The van der Waals surface area contributed by atoms with Gasteiger partial charge >= 0.3 is 6.09 Å². The second-order valence-electron chi connectivity index (χ2n) is 6.70. The number of para-hydroxylation sites is 1. The van der Waals surface area contributed by atoms with Crippen LogP contribution in [-0.4, -0.2) is 63.3 Å². The van der Waals surface area contributed by atoms with Gasteiger partial charge in [0.25, 0.3) is 10.0 Å². The van der Waals surface area contributed by atoms with Crippen LogP contribution < -0.4 is 9.57 Å². The number of carbonyl (C=O) groups excluding carboxylic acids is 1. The number of hydrogen-bond acceptors (Lipinski definition) is 6. The molecule has 2 rings (SSSR count). The largest absolute Gasteiger partial charge is 0.495 e. The number of amides is 1. The first kappa shape index (κ1) is 19.5. The van der Waals surface area contributed by atoms with Gasteiger partial charge in [0, 0.05) is 26.2 Å². The van der Waals surface area contributed by atoms with E-state index in [0.717, 1.165) is 0 Å². The lowest BCUT2D eigenvalue weighted by Gasteiger charge is -2.35.